The smallest absolute Gasteiger partial charge is 0.322 e. The summed E-state index contributed by atoms with van der Waals surface area (Å²) in [7, 11) is 4.76. The van der Waals surface area contributed by atoms with E-state index in [2.05, 4.69) is 9.88 Å². The van der Waals surface area contributed by atoms with Gasteiger partial charge in [-0.25, -0.2) is 4.79 Å². The highest BCUT2D eigenvalue weighted by Crippen LogP contribution is 2.43. The lowest BCUT2D eigenvalue weighted by atomic mass is 9.99. The molecule has 7 heteroatoms. The maximum atomic E-state index is 13.3. The highest BCUT2D eigenvalue weighted by molar-refractivity contribution is 5.90. The van der Waals surface area contributed by atoms with Crippen LogP contribution in [0.2, 0.25) is 0 Å². The highest BCUT2D eigenvalue weighted by atomic mass is 16.5. The van der Waals surface area contributed by atoms with Crippen LogP contribution in [0.1, 0.15) is 22.9 Å². The number of aryl methyl sites for hydroxylation is 1. The Morgan fingerprint density at radius 1 is 0.968 bits per heavy atom. The molecule has 31 heavy (non-hydrogen) atoms. The van der Waals surface area contributed by atoms with E-state index >= 15 is 0 Å². The topological polar surface area (TPSA) is 65.0 Å². The van der Waals surface area contributed by atoms with Crippen molar-refractivity contribution in [1.29, 1.82) is 0 Å². The molecule has 1 atom stereocenters. The molecular formula is C24H27N3O4. The van der Waals surface area contributed by atoms with Crippen LogP contribution in [-0.4, -0.2) is 43.4 Å². The molecule has 2 aromatic carbocycles. The van der Waals surface area contributed by atoms with E-state index in [1.54, 1.807) is 21.3 Å². The molecule has 0 spiro atoms. The van der Waals surface area contributed by atoms with E-state index in [9.17, 15) is 4.79 Å². The van der Waals surface area contributed by atoms with Gasteiger partial charge >= 0.3 is 6.03 Å². The van der Waals surface area contributed by atoms with Crippen molar-refractivity contribution < 1.29 is 19.0 Å². The monoisotopic (exact) mass is 421 g/mol. The predicted octanol–water partition coefficient (Wildman–Crippen LogP) is 4.46. The second kappa shape index (κ2) is 8.63. The Balaban J connectivity index is 1.75. The first kappa shape index (κ1) is 20.7. The van der Waals surface area contributed by atoms with Crippen molar-refractivity contribution in [1.82, 2.24) is 9.47 Å². The molecule has 162 valence electrons. The van der Waals surface area contributed by atoms with Crippen LogP contribution >= 0.6 is 0 Å². The van der Waals surface area contributed by atoms with Crippen molar-refractivity contribution in [3.05, 3.63) is 71.5 Å². The highest BCUT2D eigenvalue weighted by Gasteiger charge is 2.33. The van der Waals surface area contributed by atoms with Gasteiger partial charge in [-0.1, -0.05) is 17.7 Å². The number of ether oxygens (including phenoxy) is 3. The number of anilines is 1. The first-order valence-electron chi connectivity index (χ1n) is 10.1. The molecule has 0 saturated carbocycles. The van der Waals surface area contributed by atoms with Gasteiger partial charge in [-0.3, -0.25) is 0 Å². The van der Waals surface area contributed by atoms with Crippen LogP contribution in [-0.2, 0) is 6.54 Å². The minimum Gasteiger partial charge on any atom is -0.493 e. The van der Waals surface area contributed by atoms with Crippen LogP contribution < -0.4 is 19.5 Å². The van der Waals surface area contributed by atoms with Crippen molar-refractivity contribution in [2.24, 2.45) is 0 Å². The number of aromatic nitrogens is 1. The predicted molar refractivity (Wildman–Crippen MR) is 119 cm³/mol. The van der Waals surface area contributed by atoms with Gasteiger partial charge in [-0.15, -0.1) is 0 Å². The second-order valence-electron chi connectivity index (χ2n) is 7.48. The SMILES string of the molecule is COc1cc(C2c3cccn3CCN2C(=O)Nc2ccc(C)cc2)cc(OC)c1OC. The second-order valence-corrected chi connectivity index (χ2v) is 7.48. The van der Waals surface area contributed by atoms with Gasteiger partial charge in [0.15, 0.2) is 11.5 Å². The number of benzene rings is 2. The van der Waals surface area contributed by atoms with Crippen LogP contribution in [0.25, 0.3) is 0 Å². The van der Waals surface area contributed by atoms with Crippen LogP contribution in [0.4, 0.5) is 10.5 Å². The third kappa shape index (κ3) is 3.91. The number of nitrogens with zero attached hydrogens (tertiary/aromatic N) is 2. The van der Waals surface area contributed by atoms with Crippen LogP contribution in [0.3, 0.4) is 0 Å². The number of rotatable bonds is 5. The quantitative estimate of drug-likeness (QED) is 0.661. The lowest BCUT2D eigenvalue weighted by molar-refractivity contribution is 0.181. The number of amides is 2. The van der Waals surface area contributed by atoms with Crippen LogP contribution in [0.5, 0.6) is 17.2 Å². The number of carbonyl (C=O) groups is 1. The summed E-state index contributed by atoms with van der Waals surface area (Å²) in [5, 5.41) is 3.03. The van der Waals surface area contributed by atoms with Crippen molar-refractivity contribution in [3.8, 4) is 17.2 Å². The van der Waals surface area contributed by atoms with Gasteiger partial charge in [0, 0.05) is 30.7 Å². The Hall–Kier alpha value is -3.61. The molecule has 0 radical (unpaired) electrons. The summed E-state index contributed by atoms with van der Waals surface area (Å²) in [6.07, 6.45) is 2.04. The van der Waals surface area contributed by atoms with Gasteiger partial charge in [-0.2, -0.15) is 0 Å². The fraction of sp³-hybridized carbons (Fsp3) is 0.292. The largest absolute Gasteiger partial charge is 0.493 e. The average Bonchev–Trinajstić information content (AvgIpc) is 3.27. The third-order valence-corrected chi connectivity index (χ3v) is 5.60. The molecule has 1 unspecified atom stereocenters. The third-order valence-electron chi connectivity index (χ3n) is 5.60. The zero-order valence-electron chi connectivity index (χ0n) is 18.2. The first-order chi connectivity index (χ1) is 15.0. The standard InChI is InChI=1S/C24H27N3O4/c1-16-7-9-18(10-8-16)25-24(28)27-13-12-26-11-5-6-19(26)22(27)17-14-20(29-2)23(31-4)21(15-17)30-3/h5-11,14-15,22H,12-13H2,1-4H3,(H,25,28). The van der Waals surface area contributed by atoms with E-state index in [-0.39, 0.29) is 12.1 Å². The van der Waals surface area contributed by atoms with Gasteiger partial charge in [0.05, 0.1) is 27.4 Å². The summed E-state index contributed by atoms with van der Waals surface area (Å²) in [6, 6.07) is 15.2. The summed E-state index contributed by atoms with van der Waals surface area (Å²) in [6.45, 7) is 3.32. The van der Waals surface area contributed by atoms with Gasteiger partial charge in [0.25, 0.3) is 0 Å². The van der Waals surface area contributed by atoms with Gasteiger partial charge in [0.2, 0.25) is 5.75 Å². The normalized spacial score (nSPS) is 15.2. The molecule has 0 saturated heterocycles. The van der Waals surface area contributed by atoms with E-state index in [4.69, 9.17) is 14.2 Å². The molecule has 1 N–H and O–H groups in total. The molecule has 0 fully saturated rings. The Kier molecular flexibility index (Phi) is 5.75. The number of fused-ring (bicyclic) bond motifs is 1. The lowest BCUT2D eigenvalue weighted by Gasteiger charge is -2.37. The van der Waals surface area contributed by atoms with Crippen molar-refractivity contribution in [2.75, 3.05) is 33.2 Å². The molecule has 1 aliphatic rings. The van der Waals surface area contributed by atoms with Crippen molar-refractivity contribution in [3.63, 3.8) is 0 Å². The Labute approximate surface area is 182 Å². The molecule has 0 aliphatic carbocycles. The number of hydrogen-bond donors (Lipinski definition) is 1. The van der Waals surface area contributed by atoms with E-state index in [1.807, 2.05) is 66.6 Å². The van der Waals surface area contributed by atoms with Gasteiger partial charge in [0.1, 0.15) is 0 Å². The summed E-state index contributed by atoms with van der Waals surface area (Å²) in [5.74, 6) is 1.63. The summed E-state index contributed by atoms with van der Waals surface area (Å²) < 4.78 is 18.7. The molecule has 4 rings (SSSR count). The zero-order valence-corrected chi connectivity index (χ0v) is 18.2. The van der Waals surface area contributed by atoms with Crippen molar-refractivity contribution >= 4 is 11.7 Å². The van der Waals surface area contributed by atoms with Crippen LogP contribution in [0, 0.1) is 6.92 Å². The summed E-state index contributed by atoms with van der Waals surface area (Å²) >= 11 is 0. The Bertz CT molecular complexity index is 1050. The van der Waals surface area contributed by atoms with E-state index in [0.29, 0.717) is 23.8 Å². The molecule has 0 bridgehead atoms. The number of hydrogen-bond acceptors (Lipinski definition) is 4. The van der Waals surface area contributed by atoms with E-state index in [1.165, 1.54) is 0 Å². The molecule has 2 amide bonds. The average molecular weight is 421 g/mol. The number of methoxy groups -OCH3 is 3. The Morgan fingerprint density at radius 2 is 1.65 bits per heavy atom. The summed E-state index contributed by atoms with van der Waals surface area (Å²) in [5.41, 5.74) is 3.82. The van der Waals surface area contributed by atoms with Crippen molar-refractivity contribution in [2.45, 2.75) is 19.5 Å². The molecule has 2 heterocycles. The Morgan fingerprint density at radius 3 is 2.26 bits per heavy atom. The molecular weight excluding hydrogens is 394 g/mol. The maximum absolute atomic E-state index is 13.3. The number of nitrogens with one attached hydrogen (secondary N) is 1. The van der Waals surface area contributed by atoms with Gasteiger partial charge < -0.3 is 29.0 Å². The van der Waals surface area contributed by atoms with E-state index < -0.39 is 0 Å². The molecule has 1 aliphatic heterocycles. The van der Waals surface area contributed by atoms with Crippen LogP contribution in [0.15, 0.2) is 54.7 Å². The fourth-order valence-corrected chi connectivity index (χ4v) is 4.04. The molecule has 3 aromatic rings. The number of urea groups is 1. The lowest BCUT2D eigenvalue weighted by Crippen LogP contribution is -2.44. The summed E-state index contributed by atoms with van der Waals surface area (Å²) in [4.78, 5) is 15.2. The fourth-order valence-electron chi connectivity index (χ4n) is 4.04. The molecule has 1 aromatic heterocycles. The van der Waals surface area contributed by atoms with Gasteiger partial charge in [-0.05, 0) is 48.9 Å². The maximum Gasteiger partial charge on any atom is 0.322 e. The zero-order chi connectivity index (χ0) is 22.0. The first-order valence-corrected chi connectivity index (χ1v) is 10.1. The minimum absolute atomic E-state index is 0.157. The van der Waals surface area contributed by atoms with E-state index in [0.717, 1.165) is 29.1 Å². The minimum atomic E-state index is -0.303. The molecule has 7 nitrogen and oxygen atoms in total. The number of carbonyl (C=O) groups excluding carboxylic acids is 1.